The van der Waals surface area contributed by atoms with E-state index in [2.05, 4.69) is 9.97 Å². The van der Waals surface area contributed by atoms with Gasteiger partial charge < -0.3 is 9.88 Å². The highest BCUT2D eigenvalue weighted by Gasteiger charge is 2.30. The molecule has 1 saturated heterocycles. The number of pyridine rings is 2. The third-order valence-corrected chi connectivity index (χ3v) is 4.41. The van der Waals surface area contributed by atoms with Crippen LogP contribution >= 0.6 is 0 Å². The van der Waals surface area contributed by atoms with E-state index in [0.717, 1.165) is 36.1 Å². The van der Waals surface area contributed by atoms with Crippen molar-refractivity contribution in [1.82, 2.24) is 14.9 Å². The normalized spacial score (nSPS) is 18.0. The Hall–Kier alpha value is -2.43. The summed E-state index contributed by atoms with van der Waals surface area (Å²) in [6.45, 7) is 4.31. The third kappa shape index (κ3) is 3.04. The second-order valence-electron chi connectivity index (χ2n) is 6.14. The lowest BCUT2D eigenvalue weighted by Gasteiger charge is -2.36. The van der Waals surface area contributed by atoms with Gasteiger partial charge in [0.05, 0.1) is 6.04 Å². The van der Waals surface area contributed by atoms with Crippen LogP contribution in [0, 0.1) is 13.8 Å². The van der Waals surface area contributed by atoms with E-state index >= 15 is 0 Å². The summed E-state index contributed by atoms with van der Waals surface area (Å²) in [6, 6.07) is 5.72. The first-order valence-electron chi connectivity index (χ1n) is 7.99. The highest BCUT2D eigenvalue weighted by Crippen LogP contribution is 2.31. The number of H-pyrrole nitrogens is 1. The molecule has 2 aromatic heterocycles. The van der Waals surface area contributed by atoms with Gasteiger partial charge in [-0.05, 0) is 56.4 Å². The molecule has 1 unspecified atom stereocenters. The molecule has 0 saturated carbocycles. The molecule has 0 spiro atoms. The molecule has 1 fully saturated rings. The Morgan fingerprint density at radius 3 is 2.87 bits per heavy atom. The first kappa shape index (κ1) is 15.5. The summed E-state index contributed by atoms with van der Waals surface area (Å²) in [5, 5.41) is 0. The van der Waals surface area contributed by atoms with Gasteiger partial charge in [0.2, 0.25) is 0 Å². The second-order valence-corrected chi connectivity index (χ2v) is 6.14. The fourth-order valence-corrected chi connectivity index (χ4v) is 3.36. The van der Waals surface area contributed by atoms with Crippen molar-refractivity contribution >= 4 is 5.91 Å². The number of piperidine rings is 1. The van der Waals surface area contributed by atoms with Crippen LogP contribution in [0.2, 0.25) is 0 Å². The number of hydrogen-bond donors (Lipinski definition) is 1. The third-order valence-electron chi connectivity index (χ3n) is 4.41. The standard InChI is InChI=1S/C18H21N3O2/c1-12-10-13(2)20-17(22)16(12)18(23)21-9-4-3-7-15(21)14-6-5-8-19-11-14/h5-6,8,10-11,15H,3-4,7,9H2,1-2H3,(H,20,22). The van der Waals surface area contributed by atoms with Crippen LogP contribution in [0.4, 0.5) is 0 Å². The molecule has 0 bridgehead atoms. The van der Waals surface area contributed by atoms with Gasteiger partial charge in [0, 0.05) is 24.6 Å². The number of rotatable bonds is 2. The number of hydrogen-bond acceptors (Lipinski definition) is 3. The van der Waals surface area contributed by atoms with Crippen LogP contribution in [0.1, 0.15) is 52.5 Å². The average Bonchev–Trinajstić information content (AvgIpc) is 2.54. The minimum atomic E-state index is -0.303. The van der Waals surface area contributed by atoms with Gasteiger partial charge in [0.15, 0.2) is 0 Å². The van der Waals surface area contributed by atoms with Crippen molar-refractivity contribution in [3.63, 3.8) is 0 Å². The number of carbonyl (C=O) groups excluding carboxylic acids is 1. The molecule has 5 heteroatoms. The van der Waals surface area contributed by atoms with Gasteiger partial charge in [-0.25, -0.2) is 0 Å². The van der Waals surface area contributed by atoms with Gasteiger partial charge in [-0.2, -0.15) is 0 Å². The van der Waals surface area contributed by atoms with Crippen molar-refractivity contribution in [3.05, 3.63) is 63.3 Å². The van der Waals surface area contributed by atoms with Gasteiger partial charge in [0.1, 0.15) is 5.56 Å². The lowest BCUT2D eigenvalue weighted by molar-refractivity contribution is 0.0608. The van der Waals surface area contributed by atoms with Gasteiger partial charge in [-0.1, -0.05) is 6.07 Å². The molecule has 0 aliphatic carbocycles. The summed E-state index contributed by atoms with van der Waals surface area (Å²) in [5.74, 6) is -0.183. The maximum atomic E-state index is 13.0. The van der Waals surface area contributed by atoms with Crippen molar-refractivity contribution in [2.75, 3.05) is 6.54 Å². The molecule has 1 amide bonds. The van der Waals surface area contributed by atoms with Crippen molar-refractivity contribution in [2.45, 2.75) is 39.2 Å². The van der Waals surface area contributed by atoms with Gasteiger partial charge in [0.25, 0.3) is 11.5 Å². The molecule has 23 heavy (non-hydrogen) atoms. The molecule has 1 N–H and O–H groups in total. The number of nitrogens with zero attached hydrogens (tertiary/aromatic N) is 2. The Balaban J connectivity index is 1.98. The molecule has 1 aliphatic heterocycles. The van der Waals surface area contributed by atoms with Crippen LogP contribution in [-0.4, -0.2) is 27.3 Å². The SMILES string of the molecule is Cc1cc(C)c(C(=O)N2CCCCC2c2cccnc2)c(=O)[nH]1. The minimum absolute atomic E-state index is 0.00921. The fraction of sp³-hybridized carbons (Fsp3) is 0.389. The zero-order chi connectivity index (χ0) is 16.4. The van der Waals surface area contributed by atoms with Crippen molar-refractivity contribution < 1.29 is 4.79 Å². The van der Waals surface area contributed by atoms with Gasteiger partial charge >= 0.3 is 0 Å². The van der Waals surface area contributed by atoms with Crippen LogP contribution in [0.15, 0.2) is 35.4 Å². The zero-order valence-corrected chi connectivity index (χ0v) is 13.5. The number of aryl methyl sites for hydroxylation is 2. The first-order chi connectivity index (χ1) is 11.1. The summed E-state index contributed by atoms with van der Waals surface area (Å²) < 4.78 is 0. The van der Waals surface area contributed by atoms with Gasteiger partial charge in [-0.3, -0.25) is 14.6 Å². The van der Waals surface area contributed by atoms with Crippen molar-refractivity contribution in [1.29, 1.82) is 0 Å². The summed E-state index contributed by atoms with van der Waals surface area (Å²) in [5.41, 5.74) is 2.48. The van der Waals surface area contributed by atoms with Crippen molar-refractivity contribution in [3.8, 4) is 0 Å². The highest BCUT2D eigenvalue weighted by molar-refractivity contribution is 5.95. The molecular weight excluding hydrogens is 290 g/mol. The Morgan fingerprint density at radius 1 is 1.35 bits per heavy atom. The maximum Gasteiger partial charge on any atom is 0.261 e. The molecular formula is C18H21N3O2. The van der Waals surface area contributed by atoms with Crippen LogP contribution in [0.25, 0.3) is 0 Å². The zero-order valence-electron chi connectivity index (χ0n) is 13.5. The highest BCUT2D eigenvalue weighted by atomic mass is 16.2. The van der Waals surface area contributed by atoms with E-state index in [1.54, 1.807) is 6.20 Å². The number of aromatic nitrogens is 2. The second kappa shape index (κ2) is 6.36. The number of nitrogens with one attached hydrogen (secondary N) is 1. The first-order valence-corrected chi connectivity index (χ1v) is 7.99. The van der Waals surface area contributed by atoms with E-state index in [-0.39, 0.29) is 23.1 Å². The molecule has 3 rings (SSSR count). The van der Waals surface area contributed by atoms with E-state index in [1.807, 2.05) is 43.1 Å². The topological polar surface area (TPSA) is 66.1 Å². The van der Waals surface area contributed by atoms with Crippen LogP contribution in [0.5, 0.6) is 0 Å². The lowest BCUT2D eigenvalue weighted by Crippen LogP contribution is -2.41. The monoisotopic (exact) mass is 311 g/mol. The quantitative estimate of drug-likeness (QED) is 0.927. The molecule has 1 aliphatic rings. The van der Waals surface area contributed by atoms with E-state index in [0.29, 0.717) is 6.54 Å². The minimum Gasteiger partial charge on any atom is -0.331 e. The molecule has 5 nitrogen and oxygen atoms in total. The fourth-order valence-electron chi connectivity index (χ4n) is 3.36. The predicted octanol–water partition coefficient (Wildman–Crippen LogP) is 2.75. The molecule has 2 aromatic rings. The molecule has 1 atom stereocenters. The number of aromatic amines is 1. The summed E-state index contributed by atoms with van der Waals surface area (Å²) in [4.78, 5) is 34.0. The average molecular weight is 311 g/mol. The summed E-state index contributed by atoms with van der Waals surface area (Å²) in [6.07, 6.45) is 6.48. The molecule has 3 heterocycles. The van der Waals surface area contributed by atoms with Crippen LogP contribution in [-0.2, 0) is 0 Å². The Kier molecular flexibility index (Phi) is 4.28. The Morgan fingerprint density at radius 2 is 2.17 bits per heavy atom. The number of likely N-dealkylation sites (tertiary alicyclic amines) is 1. The van der Waals surface area contributed by atoms with E-state index in [4.69, 9.17) is 0 Å². The van der Waals surface area contributed by atoms with Crippen LogP contribution in [0.3, 0.4) is 0 Å². The van der Waals surface area contributed by atoms with E-state index in [9.17, 15) is 9.59 Å². The molecule has 120 valence electrons. The largest absolute Gasteiger partial charge is 0.331 e. The Labute approximate surface area is 135 Å². The van der Waals surface area contributed by atoms with Gasteiger partial charge in [-0.15, -0.1) is 0 Å². The predicted molar refractivity (Wildman–Crippen MR) is 88.4 cm³/mol. The number of carbonyl (C=O) groups is 1. The summed E-state index contributed by atoms with van der Waals surface area (Å²) >= 11 is 0. The molecule has 0 radical (unpaired) electrons. The lowest BCUT2D eigenvalue weighted by atomic mass is 9.95. The summed E-state index contributed by atoms with van der Waals surface area (Å²) in [7, 11) is 0. The Bertz CT molecular complexity index is 768. The van der Waals surface area contributed by atoms with Crippen LogP contribution < -0.4 is 5.56 Å². The number of amides is 1. The van der Waals surface area contributed by atoms with Crippen molar-refractivity contribution in [2.24, 2.45) is 0 Å². The van der Waals surface area contributed by atoms with E-state index < -0.39 is 0 Å². The smallest absolute Gasteiger partial charge is 0.261 e. The molecule has 0 aromatic carbocycles. The van der Waals surface area contributed by atoms with E-state index in [1.165, 1.54) is 0 Å². The maximum absolute atomic E-state index is 13.0.